The summed E-state index contributed by atoms with van der Waals surface area (Å²) in [6.45, 7) is 5.71. The van der Waals surface area contributed by atoms with Crippen molar-refractivity contribution >= 4 is 17.6 Å². The van der Waals surface area contributed by atoms with Gasteiger partial charge in [-0.05, 0) is 111 Å². The number of hydrogen-bond donors (Lipinski definition) is 5. The number of allylic oxidation sites excluding steroid dienone is 8. The molecule has 5 N–H and O–H groups in total. The number of Topliss-reactive ketones (excluding diaryl/α,β-unsaturated/α-hetero) is 2. The number of carbonyl (C=O) groups is 2. The molecule has 1 aliphatic carbocycles. The highest BCUT2D eigenvalue weighted by Crippen LogP contribution is 2.46. The summed E-state index contributed by atoms with van der Waals surface area (Å²) >= 11 is 0. The summed E-state index contributed by atoms with van der Waals surface area (Å²) in [6.07, 6.45) is 15.4. The van der Waals surface area contributed by atoms with Crippen LogP contribution in [0.5, 0.6) is 23.0 Å². The smallest absolute Gasteiger partial charge is 0.170 e. The van der Waals surface area contributed by atoms with Crippen molar-refractivity contribution < 1.29 is 35.1 Å². The summed E-state index contributed by atoms with van der Waals surface area (Å²) in [6, 6.07) is 15.7. The normalized spacial score (nSPS) is 18.2. The van der Waals surface area contributed by atoms with Gasteiger partial charge in [-0.2, -0.15) is 0 Å². The first kappa shape index (κ1) is 35.1. The molecule has 246 valence electrons. The van der Waals surface area contributed by atoms with Crippen molar-refractivity contribution in [3.8, 4) is 35.3 Å². The van der Waals surface area contributed by atoms with Crippen molar-refractivity contribution in [3.05, 3.63) is 136 Å². The van der Waals surface area contributed by atoms with Crippen molar-refractivity contribution in [2.24, 2.45) is 11.8 Å². The third kappa shape index (κ3) is 8.54. The molecule has 1 aliphatic rings. The van der Waals surface area contributed by atoms with Crippen molar-refractivity contribution in [1.82, 2.24) is 0 Å². The second kappa shape index (κ2) is 15.7. The molecule has 3 unspecified atom stereocenters. The van der Waals surface area contributed by atoms with Crippen molar-refractivity contribution in [2.75, 3.05) is 0 Å². The van der Waals surface area contributed by atoms with E-state index in [4.69, 9.17) is 6.42 Å². The lowest BCUT2D eigenvalue weighted by atomic mass is 9.66. The van der Waals surface area contributed by atoms with E-state index in [2.05, 4.69) is 5.92 Å². The largest absolute Gasteiger partial charge is 0.508 e. The first-order chi connectivity index (χ1) is 22.9. The fourth-order valence-electron chi connectivity index (χ4n) is 6.06. The van der Waals surface area contributed by atoms with Crippen molar-refractivity contribution in [2.45, 2.75) is 46.0 Å². The van der Waals surface area contributed by atoms with Crippen LogP contribution in [0.1, 0.15) is 66.6 Å². The summed E-state index contributed by atoms with van der Waals surface area (Å²) < 4.78 is 0. The van der Waals surface area contributed by atoms with E-state index in [-0.39, 0.29) is 58.3 Å². The van der Waals surface area contributed by atoms with Crippen LogP contribution in [0.3, 0.4) is 0 Å². The van der Waals surface area contributed by atoms with Gasteiger partial charge in [0.2, 0.25) is 0 Å². The molecule has 0 saturated carbocycles. The van der Waals surface area contributed by atoms with Gasteiger partial charge in [-0.25, -0.2) is 0 Å². The maximum Gasteiger partial charge on any atom is 0.170 e. The molecule has 4 rings (SSSR count). The van der Waals surface area contributed by atoms with Gasteiger partial charge in [0.05, 0.1) is 11.1 Å². The third-order valence-electron chi connectivity index (χ3n) is 8.47. The highest BCUT2D eigenvalue weighted by Gasteiger charge is 2.41. The molecule has 0 radical (unpaired) electrons. The van der Waals surface area contributed by atoms with E-state index in [1.165, 1.54) is 42.5 Å². The molecule has 0 spiro atoms. The Morgan fingerprint density at radius 2 is 1.56 bits per heavy atom. The maximum absolute atomic E-state index is 14.6. The van der Waals surface area contributed by atoms with Crippen LogP contribution in [0.4, 0.5) is 0 Å². The number of aromatic hydroxyl groups is 4. The number of phenolic OH excluding ortho intramolecular Hbond substituents is 4. The Balaban J connectivity index is 1.79. The predicted octanol–water partition coefficient (Wildman–Crippen LogP) is 8.24. The number of benzene rings is 3. The number of carbonyl (C=O) groups excluding carboxylic acids is 2. The number of aliphatic hydroxyl groups is 1. The molecular formula is C41H40O7. The number of terminal acetylenes is 1. The first-order valence-corrected chi connectivity index (χ1v) is 15.6. The molecule has 3 atom stereocenters. The molecule has 0 bridgehead atoms. The quantitative estimate of drug-likeness (QED) is 0.0354. The van der Waals surface area contributed by atoms with Crippen LogP contribution in [-0.2, 0) is 11.2 Å². The van der Waals surface area contributed by atoms with E-state index in [0.29, 0.717) is 12.0 Å². The van der Waals surface area contributed by atoms with Gasteiger partial charge in [-0.1, -0.05) is 59.6 Å². The average Bonchev–Trinajstić information content (AvgIpc) is 3.04. The van der Waals surface area contributed by atoms with Crippen LogP contribution in [0, 0.1) is 24.2 Å². The molecular weight excluding hydrogens is 604 g/mol. The molecule has 0 saturated heterocycles. The standard InChI is InChI=1S/C41H40O7/c1-5-6-7-32(36(44)20-11-27-9-14-30(42)15-10-27)38(46)24-29-22-26(4)23-35(28-12-16-31(43)17-13-28)39(29)41(48)34-19-21-37(45)33(40(34)47)18-8-25(2)3/h1,6-17,19-22,29,35,39,42-45,47H,18,23-24H2,2-4H3/b7-6-,20-11+,36-32-. The molecule has 0 aliphatic heterocycles. The minimum atomic E-state index is -0.818. The van der Waals surface area contributed by atoms with Gasteiger partial charge in [0.25, 0.3) is 0 Å². The Morgan fingerprint density at radius 3 is 2.19 bits per heavy atom. The minimum Gasteiger partial charge on any atom is -0.508 e. The maximum atomic E-state index is 14.6. The van der Waals surface area contributed by atoms with Crippen LogP contribution >= 0.6 is 0 Å². The van der Waals surface area contributed by atoms with Crippen LogP contribution in [0.2, 0.25) is 0 Å². The fraction of sp³-hybridized carbons (Fsp3) is 0.220. The van der Waals surface area contributed by atoms with Gasteiger partial charge in [0.1, 0.15) is 28.8 Å². The molecule has 0 heterocycles. The Kier molecular flexibility index (Phi) is 11.5. The zero-order chi connectivity index (χ0) is 35.0. The molecule has 3 aromatic carbocycles. The van der Waals surface area contributed by atoms with E-state index in [9.17, 15) is 35.1 Å². The lowest BCUT2D eigenvalue weighted by Crippen LogP contribution is -2.34. The number of ketones is 2. The topological polar surface area (TPSA) is 135 Å². The lowest BCUT2D eigenvalue weighted by molar-refractivity contribution is -0.116. The summed E-state index contributed by atoms with van der Waals surface area (Å²) in [5.41, 5.74) is 3.62. The summed E-state index contributed by atoms with van der Waals surface area (Å²) in [5.74, 6) is -0.979. The molecule has 0 aromatic heterocycles. The molecule has 0 amide bonds. The summed E-state index contributed by atoms with van der Waals surface area (Å²) in [7, 11) is 0. The van der Waals surface area contributed by atoms with E-state index in [0.717, 1.165) is 16.7 Å². The second-order valence-electron chi connectivity index (χ2n) is 12.3. The van der Waals surface area contributed by atoms with Gasteiger partial charge >= 0.3 is 0 Å². The van der Waals surface area contributed by atoms with Gasteiger partial charge in [-0.3, -0.25) is 9.59 Å². The molecule has 0 fully saturated rings. The molecule has 48 heavy (non-hydrogen) atoms. The van der Waals surface area contributed by atoms with Gasteiger partial charge in [-0.15, -0.1) is 6.42 Å². The van der Waals surface area contributed by atoms with E-state index in [1.807, 2.05) is 32.9 Å². The third-order valence-corrected chi connectivity index (χ3v) is 8.47. The van der Waals surface area contributed by atoms with E-state index >= 15 is 0 Å². The highest BCUT2D eigenvalue weighted by atomic mass is 16.3. The minimum absolute atomic E-state index is 0.0341. The molecule has 7 nitrogen and oxygen atoms in total. The average molecular weight is 645 g/mol. The first-order valence-electron chi connectivity index (χ1n) is 15.6. The van der Waals surface area contributed by atoms with Crippen molar-refractivity contribution in [3.63, 3.8) is 0 Å². The second-order valence-corrected chi connectivity index (χ2v) is 12.3. The Labute approximate surface area is 281 Å². The van der Waals surface area contributed by atoms with Crippen LogP contribution in [0.25, 0.3) is 6.08 Å². The Morgan fingerprint density at radius 1 is 0.917 bits per heavy atom. The van der Waals surface area contributed by atoms with Crippen molar-refractivity contribution in [1.29, 1.82) is 0 Å². The highest BCUT2D eigenvalue weighted by molar-refractivity contribution is 6.03. The number of aliphatic hydroxyl groups excluding tert-OH is 1. The zero-order valence-electron chi connectivity index (χ0n) is 27.2. The monoisotopic (exact) mass is 644 g/mol. The van der Waals surface area contributed by atoms with E-state index in [1.54, 1.807) is 42.5 Å². The summed E-state index contributed by atoms with van der Waals surface area (Å²) in [4.78, 5) is 28.5. The molecule has 7 heteroatoms. The van der Waals surface area contributed by atoms with Gasteiger partial charge < -0.3 is 25.5 Å². The van der Waals surface area contributed by atoms with Gasteiger partial charge in [0, 0.05) is 17.9 Å². The van der Waals surface area contributed by atoms with Gasteiger partial charge in [0.15, 0.2) is 11.6 Å². The molecule has 3 aromatic rings. The van der Waals surface area contributed by atoms with E-state index < -0.39 is 29.3 Å². The zero-order valence-corrected chi connectivity index (χ0v) is 27.2. The van der Waals surface area contributed by atoms with Crippen LogP contribution < -0.4 is 0 Å². The number of hydrogen-bond acceptors (Lipinski definition) is 7. The van der Waals surface area contributed by atoms with Crippen LogP contribution in [-0.4, -0.2) is 37.1 Å². The SMILES string of the molecule is C#C\C=C/C(C(=O)CC1C=C(C)CC(c2ccc(O)cc2)C1C(=O)c1ccc(O)c(CC=C(C)C)c1O)=C(O)\C=C\c1ccc(O)cc1. The fourth-order valence-corrected chi connectivity index (χ4v) is 6.06. The predicted molar refractivity (Wildman–Crippen MR) is 188 cm³/mol. The summed E-state index contributed by atoms with van der Waals surface area (Å²) in [5, 5.41) is 52.4. The lowest BCUT2D eigenvalue weighted by Gasteiger charge is -2.36. The number of phenols is 4. The number of rotatable bonds is 11. The Hall–Kier alpha value is -5.74. The Bertz CT molecular complexity index is 1860. The van der Waals surface area contributed by atoms with Crippen LogP contribution in [0.15, 0.2) is 114 Å².